The largest absolute Gasteiger partial charge is 0.492 e. The highest BCUT2D eigenvalue weighted by atomic mass is 35.5. The van der Waals surface area contributed by atoms with Gasteiger partial charge in [0.15, 0.2) is 0 Å². The molecule has 0 radical (unpaired) electrons. The van der Waals surface area contributed by atoms with Crippen LogP contribution in [0.4, 0.5) is 0 Å². The zero-order valence-electron chi connectivity index (χ0n) is 16.4. The number of methoxy groups -OCH3 is 1. The van der Waals surface area contributed by atoms with Crippen molar-refractivity contribution >= 4 is 27.5 Å². The normalized spacial score (nSPS) is 12.4. The Hall–Kier alpha value is -2.13. The monoisotopic (exact) mass is 440 g/mol. The average Bonchev–Trinajstić information content (AvgIpc) is 2.70. The van der Waals surface area contributed by atoms with Crippen LogP contribution in [0.25, 0.3) is 0 Å². The van der Waals surface area contributed by atoms with E-state index in [1.807, 2.05) is 30.3 Å². The van der Waals surface area contributed by atoms with Crippen molar-refractivity contribution < 1.29 is 22.7 Å². The molecule has 0 aromatic heterocycles. The standard InChI is InChI=1S/C20H25ClN2O5S/c1-3-28-19-10-9-16(14-17(19)21)29(25,26)23-18(20(24)22-11-12-27-2)13-15-7-5-4-6-8-15/h4-10,14,18,23H,3,11-13H2,1-2H3,(H,22,24)/t18-/m0/s1. The predicted octanol–water partition coefficient (Wildman–Crippen LogP) is 2.39. The van der Waals surface area contributed by atoms with Gasteiger partial charge in [-0.3, -0.25) is 4.79 Å². The first-order valence-electron chi connectivity index (χ1n) is 9.12. The molecule has 0 aliphatic heterocycles. The highest BCUT2D eigenvalue weighted by molar-refractivity contribution is 7.89. The molecule has 0 aliphatic rings. The van der Waals surface area contributed by atoms with Gasteiger partial charge in [-0.15, -0.1) is 0 Å². The van der Waals surface area contributed by atoms with E-state index in [0.29, 0.717) is 19.0 Å². The molecule has 2 aromatic rings. The van der Waals surface area contributed by atoms with E-state index in [9.17, 15) is 13.2 Å². The Morgan fingerprint density at radius 3 is 2.52 bits per heavy atom. The lowest BCUT2D eigenvalue weighted by atomic mass is 10.1. The van der Waals surface area contributed by atoms with Crippen molar-refractivity contribution in [2.24, 2.45) is 0 Å². The minimum Gasteiger partial charge on any atom is -0.492 e. The van der Waals surface area contributed by atoms with Gasteiger partial charge in [-0.2, -0.15) is 4.72 Å². The van der Waals surface area contributed by atoms with Crippen LogP contribution in [0.5, 0.6) is 5.75 Å². The maximum atomic E-state index is 12.9. The molecule has 2 rings (SSSR count). The molecular formula is C20H25ClN2O5S. The number of ether oxygens (including phenoxy) is 2. The molecule has 158 valence electrons. The SMILES string of the molecule is CCOc1ccc(S(=O)(=O)N[C@@H](Cc2ccccc2)C(=O)NCCOC)cc1Cl. The molecule has 0 unspecified atom stereocenters. The number of hydrogen-bond acceptors (Lipinski definition) is 5. The zero-order valence-corrected chi connectivity index (χ0v) is 17.9. The third kappa shape index (κ3) is 7.01. The molecule has 0 saturated heterocycles. The Labute approximate surface area is 176 Å². The minimum atomic E-state index is -3.99. The fourth-order valence-electron chi connectivity index (χ4n) is 2.61. The molecule has 0 saturated carbocycles. The van der Waals surface area contributed by atoms with Crippen molar-refractivity contribution in [1.29, 1.82) is 0 Å². The second kappa shape index (κ2) is 11.2. The molecule has 0 bridgehead atoms. The number of halogens is 1. The summed E-state index contributed by atoms with van der Waals surface area (Å²) in [4.78, 5) is 12.6. The van der Waals surface area contributed by atoms with Crippen LogP contribution in [0.2, 0.25) is 5.02 Å². The van der Waals surface area contributed by atoms with Gasteiger partial charge >= 0.3 is 0 Å². The quantitative estimate of drug-likeness (QED) is 0.523. The summed E-state index contributed by atoms with van der Waals surface area (Å²) >= 11 is 6.12. The van der Waals surface area contributed by atoms with Gasteiger partial charge in [-0.05, 0) is 37.1 Å². The number of rotatable bonds is 11. The van der Waals surface area contributed by atoms with Gasteiger partial charge in [-0.25, -0.2) is 8.42 Å². The van der Waals surface area contributed by atoms with Crippen LogP contribution in [0.3, 0.4) is 0 Å². The number of hydrogen-bond donors (Lipinski definition) is 2. The molecule has 0 aliphatic carbocycles. The molecular weight excluding hydrogens is 416 g/mol. The second-order valence-electron chi connectivity index (χ2n) is 6.17. The smallest absolute Gasteiger partial charge is 0.241 e. The van der Waals surface area contributed by atoms with Gasteiger partial charge in [0.1, 0.15) is 11.8 Å². The molecule has 2 N–H and O–H groups in total. The first-order chi connectivity index (χ1) is 13.9. The highest BCUT2D eigenvalue weighted by Gasteiger charge is 2.26. The fourth-order valence-corrected chi connectivity index (χ4v) is 4.13. The number of amides is 1. The third-order valence-corrected chi connectivity index (χ3v) is 5.78. The van der Waals surface area contributed by atoms with E-state index in [0.717, 1.165) is 5.56 Å². The maximum absolute atomic E-state index is 12.9. The van der Waals surface area contributed by atoms with E-state index in [1.165, 1.54) is 25.3 Å². The average molecular weight is 441 g/mol. The number of sulfonamides is 1. The molecule has 0 spiro atoms. The van der Waals surface area contributed by atoms with E-state index in [2.05, 4.69) is 10.0 Å². The topological polar surface area (TPSA) is 93.7 Å². The third-order valence-electron chi connectivity index (χ3n) is 4.02. The van der Waals surface area contributed by atoms with Crippen molar-refractivity contribution in [3.05, 3.63) is 59.1 Å². The summed E-state index contributed by atoms with van der Waals surface area (Å²) in [7, 11) is -2.47. The highest BCUT2D eigenvalue weighted by Crippen LogP contribution is 2.27. The molecule has 9 heteroatoms. The van der Waals surface area contributed by atoms with Crippen LogP contribution in [0, 0.1) is 0 Å². The van der Waals surface area contributed by atoms with Crippen molar-refractivity contribution in [2.45, 2.75) is 24.3 Å². The first kappa shape index (κ1) is 23.2. The molecule has 1 atom stereocenters. The van der Waals surface area contributed by atoms with Crippen molar-refractivity contribution in [3.8, 4) is 5.75 Å². The lowest BCUT2D eigenvalue weighted by molar-refractivity contribution is -0.122. The van der Waals surface area contributed by atoms with Gasteiger partial charge in [0.05, 0.1) is 23.1 Å². The number of nitrogens with one attached hydrogen (secondary N) is 2. The summed E-state index contributed by atoms with van der Waals surface area (Å²) in [6.45, 7) is 2.81. The summed E-state index contributed by atoms with van der Waals surface area (Å²) in [5, 5.41) is 2.86. The van der Waals surface area contributed by atoms with Crippen molar-refractivity contribution in [3.63, 3.8) is 0 Å². The van der Waals surface area contributed by atoms with Gasteiger partial charge in [0.2, 0.25) is 15.9 Å². The molecule has 0 heterocycles. The summed E-state index contributed by atoms with van der Waals surface area (Å²) in [6.07, 6.45) is 0.198. The van der Waals surface area contributed by atoms with Gasteiger partial charge < -0.3 is 14.8 Å². The van der Waals surface area contributed by atoms with E-state index < -0.39 is 22.0 Å². The van der Waals surface area contributed by atoms with Gasteiger partial charge in [-0.1, -0.05) is 41.9 Å². The zero-order chi connectivity index (χ0) is 21.3. The Kier molecular flexibility index (Phi) is 8.91. The first-order valence-corrected chi connectivity index (χ1v) is 11.0. The van der Waals surface area contributed by atoms with E-state index in [1.54, 1.807) is 6.92 Å². The fraction of sp³-hybridized carbons (Fsp3) is 0.350. The molecule has 0 fully saturated rings. The van der Waals surface area contributed by atoms with Crippen LogP contribution in [-0.4, -0.2) is 47.2 Å². The van der Waals surface area contributed by atoms with Gasteiger partial charge in [0.25, 0.3) is 0 Å². The number of carbonyl (C=O) groups excluding carboxylic acids is 1. The van der Waals surface area contributed by atoms with Crippen molar-refractivity contribution in [1.82, 2.24) is 10.0 Å². The number of carbonyl (C=O) groups is 1. The maximum Gasteiger partial charge on any atom is 0.241 e. The van der Waals surface area contributed by atoms with Crippen LogP contribution >= 0.6 is 11.6 Å². The second-order valence-corrected chi connectivity index (χ2v) is 8.29. The predicted molar refractivity (Wildman–Crippen MR) is 112 cm³/mol. The Morgan fingerprint density at radius 2 is 1.90 bits per heavy atom. The molecule has 7 nitrogen and oxygen atoms in total. The lowest BCUT2D eigenvalue weighted by Crippen LogP contribution is -2.48. The molecule has 1 amide bonds. The minimum absolute atomic E-state index is 0.0475. The summed E-state index contributed by atoms with van der Waals surface area (Å²) < 4.78 is 38.5. The van der Waals surface area contributed by atoms with E-state index in [-0.39, 0.29) is 22.9 Å². The van der Waals surface area contributed by atoms with Crippen LogP contribution in [0.1, 0.15) is 12.5 Å². The van der Waals surface area contributed by atoms with Gasteiger partial charge in [0, 0.05) is 13.7 Å². The Morgan fingerprint density at radius 1 is 1.17 bits per heavy atom. The van der Waals surface area contributed by atoms with Crippen LogP contribution in [-0.2, 0) is 26.0 Å². The Balaban J connectivity index is 2.23. The number of benzene rings is 2. The van der Waals surface area contributed by atoms with Crippen LogP contribution < -0.4 is 14.8 Å². The van der Waals surface area contributed by atoms with Crippen molar-refractivity contribution in [2.75, 3.05) is 26.9 Å². The van der Waals surface area contributed by atoms with E-state index >= 15 is 0 Å². The van der Waals surface area contributed by atoms with Crippen LogP contribution in [0.15, 0.2) is 53.4 Å². The molecule has 2 aromatic carbocycles. The molecule has 29 heavy (non-hydrogen) atoms. The Bertz CT molecular complexity index is 906. The summed E-state index contributed by atoms with van der Waals surface area (Å²) in [5.41, 5.74) is 0.826. The van der Waals surface area contributed by atoms with E-state index in [4.69, 9.17) is 21.1 Å². The lowest BCUT2D eigenvalue weighted by Gasteiger charge is -2.19. The summed E-state index contributed by atoms with van der Waals surface area (Å²) in [5.74, 6) is -0.0437. The summed E-state index contributed by atoms with van der Waals surface area (Å²) in [6, 6.07) is 12.4.